The molecule has 0 N–H and O–H groups in total. The van der Waals surface area contributed by atoms with Crippen molar-refractivity contribution in [1.82, 2.24) is 9.88 Å². The van der Waals surface area contributed by atoms with Crippen LogP contribution in [0.1, 0.15) is 10.4 Å². The van der Waals surface area contributed by atoms with Gasteiger partial charge in [-0.2, -0.15) is 0 Å². The summed E-state index contributed by atoms with van der Waals surface area (Å²) < 4.78 is 67.1. The molecule has 2 heterocycles. The number of hydrogen-bond acceptors (Lipinski definition) is 3. The quantitative estimate of drug-likeness (QED) is 0.471. The Kier molecular flexibility index (Phi) is 4.56. The van der Waals surface area contributed by atoms with Crippen LogP contribution in [0.15, 0.2) is 24.4 Å². The number of aromatic nitrogens is 1. The molecule has 0 atom stereocenters. The zero-order valence-corrected chi connectivity index (χ0v) is 12.8. The number of nitrogens with zero attached hydrogens (tertiary/aromatic N) is 3. The molecule has 0 spiro atoms. The minimum Gasteiger partial charge on any atom is -0.353 e. The number of amides is 1. The first-order valence-electron chi connectivity index (χ1n) is 7.38. The van der Waals surface area contributed by atoms with Gasteiger partial charge in [-0.15, -0.1) is 0 Å². The van der Waals surface area contributed by atoms with Crippen molar-refractivity contribution in [3.05, 3.63) is 59.0 Å². The molecular formula is C16H12F5N3O. The summed E-state index contributed by atoms with van der Waals surface area (Å²) in [6, 6.07) is 5.29. The molecule has 1 amide bonds. The third kappa shape index (κ3) is 3.01. The molecule has 1 saturated heterocycles. The van der Waals surface area contributed by atoms with Gasteiger partial charge in [0.2, 0.25) is 5.82 Å². The molecule has 0 aliphatic carbocycles. The maximum Gasteiger partial charge on any atom is 0.260 e. The lowest BCUT2D eigenvalue weighted by Crippen LogP contribution is -2.49. The molecule has 9 heteroatoms. The van der Waals surface area contributed by atoms with Gasteiger partial charge >= 0.3 is 0 Å². The Bertz CT molecular complexity index is 778. The van der Waals surface area contributed by atoms with Crippen molar-refractivity contribution in [3.63, 3.8) is 0 Å². The normalized spacial score (nSPS) is 14.8. The Hall–Kier alpha value is -2.71. The van der Waals surface area contributed by atoms with Crippen LogP contribution in [0.5, 0.6) is 0 Å². The van der Waals surface area contributed by atoms with E-state index in [0.717, 1.165) is 4.90 Å². The fraction of sp³-hybridized carbons (Fsp3) is 0.250. The van der Waals surface area contributed by atoms with E-state index in [4.69, 9.17) is 0 Å². The van der Waals surface area contributed by atoms with E-state index in [1.165, 1.54) is 0 Å². The van der Waals surface area contributed by atoms with Gasteiger partial charge < -0.3 is 9.80 Å². The molecule has 1 fully saturated rings. The average Bonchev–Trinajstić information content (AvgIpc) is 2.65. The molecule has 0 unspecified atom stereocenters. The third-order valence-corrected chi connectivity index (χ3v) is 3.96. The molecular weight excluding hydrogens is 345 g/mol. The fourth-order valence-corrected chi connectivity index (χ4v) is 2.63. The molecule has 0 saturated carbocycles. The SMILES string of the molecule is O=C(c1c(F)c(F)c(F)c(F)c1F)N1CCN(c2ccccn2)CC1. The average molecular weight is 357 g/mol. The van der Waals surface area contributed by atoms with E-state index in [2.05, 4.69) is 4.98 Å². The van der Waals surface area contributed by atoms with Gasteiger partial charge in [0.15, 0.2) is 23.3 Å². The first kappa shape index (κ1) is 17.1. The molecule has 1 aliphatic rings. The number of hydrogen-bond donors (Lipinski definition) is 0. The second-order valence-corrected chi connectivity index (χ2v) is 5.41. The summed E-state index contributed by atoms with van der Waals surface area (Å²) in [5, 5.41) is 0. The zero-order valence-electron chi connectivity index (χ0n) is 12.8. The molecule has 0 bridgehead atoms. The van der Waals surface area contributed by atoms with Gasteiger partial charge in [-0.05, 0) is 12.1 Å². The van der Waals surface area contributed by atoms with E-state index in [9.17, 15) is 26.7 Å². The van der Waals surface area contributed by atoms with Crippen LogP contribution in [0, 0.1) is 29.1 Å². The van der Waals surface area contributed by atoms with E-state index in [-0.39, 0.29) is 13.1 Å². The summed E-state index contributed by atoms with van der Waals surface area (Å²) in [4.78, 5) is 19.3. The number of piperazine rings is 1. The summed E-state index contributed by atoms with van der Waals surface area (Å²) in [5.74, 6) is -11.3. The maximum absolute atomic E-state index is 13.8. The van der Waals surface area contributed by atoms with Gasteiger partial charge in [0.25, 0.3) is 5.91 Å². The molecule has 1 aromatic carbocycles. The van der Waals surface area contributed by atoms with Crippen LogP contribution in [-0.2, 0) is 0 Å². The van der Waals surface area contributed by atoms with E-state index in [0.29, 0.717) is 18.9 Å². The van der Waals surface area contributed by atoms with Gasteiger partial charge in [-0.1, -0.05) is 6.07 Å². The van der Waals surface area contributed by atoms with E-state index in [1.807, 2.05) is 4.90 Å². The van der Waals surface area contributed by atoms with Gasteiger partial charge in [-0.25, -0.2) is 26.9 Å². The van der Waals surface area contributed by atoms with Gasteiger partial charge in [-0.3, -0.25) is 4.79 Å². The Morgan fingerprint density at radius 3 is 1.92 bits per heavy atom. The van der Waals surface area contributed by atoms with Crippen LogP contribution in [0.25, 0.3) is 0 Å². The Morgan fingerprint density at radius 2 is 1.40 bits per heavy atom. The second-order valence-electron chi connectivity index (χ2n) is 5.41. The largest absolute Gasteiger partial charge is 0.353 e. The fourth-order valence-electron chi connectivity index (χ4n) is 2.63. The van der Waals surface area contributed by atoms with Gasteiger partial charge in [0.05, 0.1) is 0 Å². The van der Waals surface area contributed by atoms with Crippen LogP contribution in [0.4, 0.5) is 27.8 Å². The summed E-state index contributed by atoms with van der Waals surface area (Å²) in [6.45, 7) is 0.764. The second kappa shape index (κ2) is 6.66. The molecule has 1 aromatic heterocycles. The lowest BCUT2D eigenvalue weighted by atomic mass is 10.1. The van der Waals surface area contributed by atoms with Gasteiger partial charge in [0.1, 0.15) is 11.4 Å². The Balaban J connectivity index is 1.80. The number of carbonyl (C=O) groups is 1. The minimum absolute atomic E-state index is 0.0644. The van der Waals surface area contributed by atoms with Crippen LogP contribution in [0.3, 0.4) is 0 Å². The summed E-state index contributed by atoms with van der Waals surface area (Å²) in [5.41, 5.74) is -1.43. The molecule has 2 aromatic rings. The summed E-state index contributed by atoms with van der Waals surface area (Å²) >= 11 is 0. The highest BCUT2D eigenvalue weighted by molar-refractivity contribution is 5.95. The number of halogens is 5. The standard InChI is InChI=1S/C16H12F5N3O/c17-11-10(12(18)14(20)15(21)13(11)19)16(25)24-7-5-23(6-8-24)9-3-1-2-4-22-9/h1-4H,5-8H2. The first-order chi connectivity index (χ1) is 11.9. The van der Waals surface area contributed by atoms with Crippen LogP contribution in [0.2, 0.25) is 0 Å². The van der Waals surface area contributed by atoms with E-state index >= 15 is 0 Å². The molecule has 1 aliphatic heterocycles. The number of pyridine rings is 1. The predicted molar refractivity (Wildman–Crippen MR) is 78.6 cm³/mol. The number of rotatable bonds is 2. The van der Waals surface area contributed by atoms with Gasteiger partial charge in [0, 0.05) is 32.4 Å². The lowest BCUT2D eigenvalue weighted by molar-refractivity contribution is 0.0733. The smallest absolute Gasteiger partial charge is 0.260 e. The summed E-state index contributed by atoms with van der Waals surface area (Å²) in [7, 11) is 0. The molecule has 3 rings (SSSR count). The number of benzene rings is 1. The van der Waals surface area contributed by atoms with Crippen LogP contribution in [-0.4, -0.2) is 42.0 Å². The lowest BCUT2D eigenvalue weighted by Gasteiger charge is -2.35. The minimum atomic E-state index is -2.29. The molecule has 132 valence electrons. The highest BCUT2D eigenvalue weighted by atomic mass is 19.2. The maximum atomic E-state index is 13.8. The van der Waals surface area contributed by atoms with Crippen LogP contribution < -0.4 is 4.90 Å². The Labute approximate surface area is 139 Å². The van der Waals surface area contributed by atoms with Crippen molar-refractivity contribution in [2.75, 3.05) is 31.1 Å². The van der Waals surface area contributed by atoms with E-state index < -0.39 is 40.6 Å². The highest BCUT2D eigenvalue weighted by Gasteiger charge is 2.33. The van der Waals surface area contributed by atoms with Crippen molar-refractivity contribution in [2.45, 2.75) is 0 Å². The van der Waals surface area contributed by atoms with E-state index in [1.54, 1.807) is 24.4 Å². The highest BCUT2D eigenvalue weighted by Crippen LogP contribution is 2.25. The molecule has 0 radical (unpaired) electrons. The summed E-state index contributed by atoms with van der Waals surface area (Å²) in [6.07, 6.45) is 1.60. The van der Waals surface area contributed by atoms with Crippen molar-refractivity contribution in [3.8, 4) is 0 Å². The van der Waals surface area contributed by atoms with Crippen molar-refractivity contribution in [1.29, 1.82) is 0 Å². The molecule has 4 nitrogen and oxygen atoms in total. The van der Waals surface area contributed by atoms with Crippen molar-refractivity contribution < 1.29 is 26.7 Å². The predicted octanol–water partition coefficient (Wildman–Crippen LogP) is 2.74. The van der Waals surface area contributed by atoms with Crippen molar-refractivity contribution in [2.24, 2.45) is 0 Å². The third-order valence-electron chi connectivity index (χ3n) is 3.96. The topological polar surface area (TPSA) is 36.4 Å². The van der Waals surface area contributed by atoms with Crippen molar-refractivity contribution >= 4 is 11.7 Å². The number of carbonyl (C=O) groups excluding carboxylic acids is 1. The molecule has 25 heavy (non-hydrogen) atoms. The monoisotopic (exact) mass is 357 g/mol. The Morgan fingerprint density at radius 1 is 0.840 bits per heavy atom. The van der Waals surface area contributed by atoms with Crippen LogP contribution >= 0.6 is 0 Å². The zero-order chi connectivity index (χ0) is 18.1. The first-order valence-corrected chi connectivity index (χ1v) is 7.38. The number of anilines is 1.